The van der Waals surface area contributed by atoms with Crippen molar-refractivity contribution in [3.05, 3.63) is 32.2 Å². The van der Waals surface area contributed by atoms with Crippen molar-refractivity contribution in [3.8, 4) is 0 Å². The summed E-state index contributed by atoms with van der Waals surface area (Å²) in [6, 6.07) is 0. The van der Waals surface area contributed by atoms with Gasteiger partial charge in [0.25, 0.3) is 5.56 Å². The van der Waals surface area contributed by atoms with Gasteiger partial charge in [0, 0.05) is 7.05 Å². The summed E-state index contributed by atoms with van der Waals surface area (Å²) in [5.41, 5.74) is 0.926. The first kappa shape index (κ1) is 9.57. The minimum Gasteiger partial charge on any atom is -0.279 e. The second kappa shape index (κ2) is 3.01. The highest BCUT2D eigenvalue weighted by atomic mass is 16.2. The van der Waals surface area contributed by atoms with Crippen molar-refractivity contribution in [1.29, 1.82) is 0 Å². The summed E-state index contributed by atoms with van der Waals surface area (Å²) in [6.07, 6.45) is 0. The van der Waals surface area contributed by atoms with Crippen molar-refractivity contribution < 1.29 is 0 Å². The second-order valence-electron chi connectivity index (χ2n) is 3.38. The SMILES string of the molecule is Cc1nc2c(=O)[nH]c(=O)n(C)c2nc1C. The maximum Gasteiger partial charge on any atom is 0.329 e. The zero-order valence-corrected chi connectivity index (χ0v) is 8.66. The Bertz CT molecular complexity index is 653. The van der Waals surface area contributed by atoms with E-state index in [1.165, 1.54) is 4.57 Å². The average Bonchev–Trinajstić information content (AvgIpc) is 2.18. The molecule has 2 aromatic heterocycles. The molecule has 0 spiro atoms. The van der Waals surface area contributed by atoms with Crippen molar-refractivity contribution in [3.63, 3.8) is 0 Å². The Kier molecular flexibility index (Phi) is 1.92. The molecule has 78 valence electrons. The van der Waals surface area contributed by atoms with Crippen LogP contribution in [0.15, 0.2) is 9.59 Å². The predicted octanol–water partition coefficient (Wildman–Crippen LogP) is -0.366. The number of rotatable bonds is 0. The summed E-state index contributed by atoms with van der Waals surface area (Å²) in [5, 5.41) is 0. The molecule has 2 aromatic rings. The molecule has 0 bridgehead atoms. The molecule has 0 fully saturated rings. The van der Waals surface area contributed by atoms with Crippen LogP contribution >= 0.6 is 0 Å². The van der Waals surface area contributed by atoms with Gasteiger partial charge in [-0.15, -0.1) is 0 Å². The molecule has 0 saturated heterocycles. The molecule has 6 nitrogen and oxygen atoms in total. The number of aromatic amines is 1. The molecule has 2 rings (SSSR count). The van der Waals surface area contributed by atoms with E-state index >= 15 is 0 Å². The van der Waals surface area contributed by atoms with Crippen molar-refractivity contribution in [2.75, 3.05) is 0 Å². The van der Waals surface area contributed by atoms with Gasteiger partial charge in [-0.3, -0.25) is 14.3 Å². The third kappa shape index (κ3) is 1.34. The van der Waals surface area contributed by atoms with E-state index < -0.39 is 11.2 Å². The molecule has 6 heteroatoms. The van der Waals surface area contributed by atoms with Crippen LogP contribution in [-0.2, 0) is 7.05 Å². The van der Waals surface area contributed by atoms with Gasteiger partial charge in [-0.1, -0.05) is 0 Å². The summed E-state index contributed by atoms with van der Waals surface area (Å²) in [6.45, 7) is 3.56. The van der Waals surface area contributed by atoms with Crippen LogP contribution in [-0.4, -0.2) is 19.5 Å². The van der Waals surface area contributed by atoms with Gasteiger partial charge >= 0.3 is 5.69 Å². The van der Waals surface area contributed by atoms with Gasteiger partial charge in [0.1, 0.15) is 0 Å². The lowest BCUT2D eigenvalue weighted by Crippen LogP contribution is -2.29. The molecule has 0 saturated carbocycles. The van der Waals surface area contributed by atoms with Crippen molar-refractivity contribution in [2.45, 2.75) is 13.8 Å². The molecule has 0 aliphatic rings. The molecular formula is C9H10N4O2. The van der Waals surface area contributed by atoms with Gasteiger partial charge in [0.2, 0.25) is 0 Å². The van der Waals surface area contributed by atoms with Crippen molar-refractivity contribution in [1.82, 2.24) is 19.5 Å². The number of nitrogens with one attached hydrogen (secondary N) is 1. The molecule has 0 atom stereocenters. The van der Waals surface area contributed by atoms with E-state index in [4.69, 9.17) is 0 Å². The van der Waals surface area contributed by atoms with Gasteiger partial charge in [0.05, 0.1) is 11.4 Å². The zero-order valence-electron chi connectivity index (χ0n) is 8.66. The van der Waals surface area contributed by atoms with Crippen LogP contribution in [0.1, 0.15) is 11.4 Å². The second-order valence-corrected chi connectivity index (χ2v) is 3.38. The van der Waals surface area contributed by atoms with Crippen LogP contribution in [0, 0.1) is 13.8 Å². The fourth-order valence-electron chi connectivity index (χ4n) is 1.31. The maximum atomic E-state index is 11.4. The minimum absolute atomic E-state index is 0.195. The molecule has 0 aliphatic carbocycles. The number of hydrogen-bond acceptors (Lipinski definition) is 4. The third-order valence-corrected chi connectivity index (χ3v) is 2.35. The Balaban J connectivity index is 3.11. The number of fused-ring (bicyclic) bond motifs is 1. The lowest BCUT2D eigenvalue weighted by Gasteiger charge is -2.04. The molecule has 0 unspecified atom stereocenters. The number of H-pyrrole nitrogens is 1. The molecule has 0 aromatic carbocycles. The quantitative estimate of drug-likeness (QED) is 0.638. The molecule has 0 amide bonds. The summed E-state index contributed by atoms with van der Waals surface area (Å²) in [7, 11) is 1.55. The molecule has 0 aliphatic heterocycles. The van der Waals surface area contributed by atoms with Gasteiger partial charge < -0.3 is 0 Å². The van der Waals surface area contributed by atoms with Gasteiger partial charge in [-0.05, 0) is 13.8 Å². The van der Waals surface area contributed by atoms with Crippen LogP contribution in [0.3, 0.4) is 0 Å². The monoisotopic (exact) mass is 206 g/mol. The van der Waals surface area contributed by atoms with Gasteiger partial charge in [0.15, 0.2) is 11.2 Å². The van der Waals surface area contributed by atoms with Crippen LogP contribution in [0.4, 0.5) is 0 Å². The lowest BCUT2D eigenvalue weighted by atomic mass is 10.3. The number of aromatic nitrogens is 4. The van der Waals surface area contributed by atoms with E-state index in [0.29, 0.717) is 17.0 Å². The molecular weight excluding hydrogens is 196 g/mol. The Morgan fingerprint density at radius 3 is 2.40 bits per heavy atom. The van der Waals surface area contributed by atoms with E-state index in [9.17, 15) is 9.59 Å². The predicted molar refractivity (Wildman–Crippen MR) is 54.9 cm³/mol. The highest BCUT2D eigenvalue weighted by molar-refractivity contribution is 5.68. The minimum atomic E-state index is -0.497. The first-order chi connectivity index (χ1) is 7.00. The fourth-order valence-corrected chi connectivity index (χ4v) is 1.31. The summed E-state index contributed by atoms with van der Waals surface area (Å²) in [5.74, 6) is 0. The normalized spacial score (nSPS) is 10.9. The van der Waals surface area contributed by atoms with Crippen LogP contribution in [0.25, 0.3) is 11.2 Å². The number of aryl methyl sites for hydroxylation is 3. The Morgan fingerprint density at radius 1 is 1.13 bits per heavy atom. The standard InChI is InChI=1S/C9H10N4O2/c1-4-5(2)11-7-6(10-4)8(14)12-9(15)13(7)3/h1-3H3,(H,12,14,15). The summed E-state index contributed by atoms with van der Waals surface area (Å²) in [4.78, 5) is 33.2. The largest absolute Gasteiger partial charge is 0.329 e. The molecule has 15 heavy (non-hydrogen) atoms. The topological polar surface area (TPSA) is 80.6 Å². The first-order valence-corrected chi connectivity index (χ1v) is 4.45. The molecule has 2 heterocycles. The highest BCUT2D eigenvalue weighted by Crippen LogP contribution is 2.05. The third-order valence-electron chi connectivity index (χ3n) is 2.35. The molecule has 0 radical (unpaired) electrons. The fraction of sp³-hybridized carbons (Fsp3) is 0.333. The molecule has 1 N–H and O–H groups in total. The first-order valence-electron chi connectivity index (χ1n) is 4.45. The van der Waals surface area contributed by atoms with E-state index in [2.05, 4.69) is 15.0 Å². The summed E-state index contributed by atoms with van der Waals surface area (Å²) >= 11 is 0. The van der Waals surface area contributed by atoms with Gasteiger partial charge in [-0.25, -0.2) is 14.8 Å². The zero-order chi connectivity index (χ0) is 11.2. The number of nitrogens with zero attached hydrogens (tertiary/aromatic N) is 3. The lowest BCUT2D eigenvalue weighted by molar-refractivity contribution is 0.818. The highest BCUT2D eigenvalue weighted by Gasteiger charge is 2.08. The van der Waals surface area contributed by atoms with Gasteiger partial charge in [-0.2, -0.15) is 0 Å². The average molecular weight is 206 g/mol. The Morgan fingerprint density at radius 2 is 1.73 bits per heavy atom. The number of hydrogen-bond donors (Lipinski definition) is 1. The van der Waals surface area contributed by atoms with Crippen LogP contribution in [0.2, 0.25) is 0 Å². The van der Waals surface area contributed by atoms with Crippen molar-refractivity contribution >= 4 is 11.2 Å². The van der Waals surface area contributed by atoms with Crippen LogP contribution < -0.4 is 11.2 Å². The van der Waals surface area contributed by atoms with E-state index in [1.54, 1.807) is 20.9 Å². The van der Waals surface area contributed by atoms with E-state index in [-0.39, 0.29) is 5.52 Å². The van der Waals surface area contributed by atoms with E-state index in [0.717, 1.165) is 0 Å². The summed E-state index contributed by atoms with van der Waals surface area (Å²) < 4.78 is 1.27. The van der Waals surface area contributed by atoms with Crippen LogP contribution in [0.5, 0.6) is 0 Å². The Labute approximate surface area is 84.6 Å². The smallest absolute Gasteiger partial charge is 0.279 e. The maximum absolute atomic E-state index is 11.4. The van der Waals surface area contributed by atoms with E-state index in [1.807, 2.05) is 0 Å². The van der Waals surface area contributed by atoms with Crippen molar-refractivity contribution in [2.24, 2.45) is 7.05 Å². The Hall–Kier alpha value is -1.98.